The van der Waals surface area contributed by atoms with E-state index in [-0.39, 0.29) is 6.04 Å². The lowest BCUT2D eigenvalue weighted by Gasteiger charge is -2.20. The van der Waals surface area contributed by atoms with Gasteiger partial charge in [0.05, 0.1) is 19.2 Å². The molecule has 1 rings (SSSR count). The molecule has 1 aromatic rings. The Balaban J connectivity index is 3.15. The molecule has 0 heterocycles. The highest BCUT2D eigenvalue weighted by Gasteiger charge is 2.18. The average molecular weight is 258 g/mol. The summed E-state index contributed by atoms with van der Waals surface area (Å²) in [5.41, 5.74) is 7.15. The van der Waals surface area contributed by atoms with Gasteiger partial charge in [-0.1, -0.05) is 31.9 Å². The summed E-state index contributed by atoms with van der Waals surface area (Å²) in [5.74, 6) is 1.56. The zero-order valence-corrected chi connectivity index (χ0v) is 11.5. The van der Waals surface area contributed by atoms with Gasteiger partial charge >= 0.3 is 0 Å². The monoisotopic (exact) mass is 257 g/mol. The molecule has 0 fully saturated rings. The zero-order chi connectivity index (χ0) is 13.0. The standard InChI is InChI=1S/C13H20ClNO2/c1-5-8(2)12(15)9-6-10(14)13(17-4)11(7-9)16-3/h6-8,12H,5,15H2,1-4H3. The largest absolute Gasteiger partial charge is 0.493 e. The molecule has 0 aromatic heterocycles. The van der Waals surface area contributed by atoms with E-state index < -0.39 is 0 Å². The van der Waals surface area contributed by atoms with Crippen LogP contribution in [0.3, 0.4) is 0 Å². The Morgan fingerprint density at radius 1 is 1.29 bits per heavy atom. The normalized spacial score (nSPS) is 14.2. The van der Waals surface area contributed by atoms with Crippen LogP contribution in [-0.4, -0.2) is 14.2 Å². The van der Waals surface area contributed by atoms with Gasteiger partial charge in [0, 0.05) is 6.04 Å². The van der Waals surface area contributed by atoms with Crippen molar-refractivity contribution in [1.29, 1.82) is 0 Å². The molecule has 0 amide bonds. The van der Waals surface area contributed by atoms with Gasteiger partial charge in [0.2, 0.25) is 0 Å². The van der Waals surface area contributed by atoms with E-state index in [1.54, 1.807) is 14.2 Å². The van der Waals surface area contributed by atoms with E-state index in [1.807, 2.05) is 12.1 Å². The lowest BCUT2D eigenvalue weighted by atomic mass is 9.93. The van der Waals surface area contributed by atoms with Gasteiger partial charge in [0.25, 0.3) is 0 Å². The molecule has 96 valence electrons. The summed E-state index contributed by atoms with van der Waals surface area (Å²) in [6, 6.07) is 3.69. The smallest absolute Gasteiger partial charge is 0.179 e. The fourth-order valence-corrected chi connectivity index (χ4v) is 2.01. The van der Waals surface area contributed by atoms with Crippen molar-refractivity contribution in [2.75, 3.05) is 14.2 Å². The molecule has 0 aliphatic rings. The predicted octanol–water partition coefficient (Wildman–Crippen LogP) is 3.40. The SMILES string of the molecule is CCC(C)C(N)c1cc(Cl)c(OC)c(OC)c1. The van der Waals surface area contributed by atoms with Crippen molar-refractivity contribution < 1.29 is 9.47 Å². The van der Waals surface area contributed by atoms with Crippen LogP contribution in [0.1, 0.15) is 31.9 Å². The predicted molar refractivity (Wildman–Crippen MR) is 70.9 cm³/mol. The Morgan fingerprint density at radius 3 is 2.41 bits per heavy atom. The van der Waals surface area contributed by atoms with Crippen molar-refractivity contribution in [3.63, 3.8) is 0 Å². The molecular weight excluding hydrogens is 238 g/mol. The van der Waals surface area contributed by atoms with Crippen LogP contribution in [0, 0.1) is 5.92 Å². The fraction of sp³-hybridized carbons (Fsp3) is 0.538. The summed E-state index contributed by atoms with van der Waals surface area (Å²) >= 11 is 6.14. The van der Waals surface area contributed by atoms with Crippen LogP contribution >= 0.6 is 11.6 Å². The van der Waals surface area contributed by atoms with E-state index in [1.165, 1.54) is 0 Å². The van der Waals surface area contributed by atoms with Crippen LogP contribution in [0.4, 0.5) is 0 Å². The maximum atomic E-state index is 6.18. The second kappa shape index (κ2) is 6.12. The molecule has 2 N–H and O–H groups in total. The van der Waals surface area contributed by atoms with Crippen molar-refractivity contribution in [3.05, 3.63) is 22.7 Å². The van der Waals surface area contributed by atoms with Crippen molar-refractivity contribution in [1.82, 2.24) is 0 Å². The third-order valence-electron chi connectivity index (χ3n) is 3.10. The van der Waals surface area contributed by atoms with Gasteiger partial charge in [-0.3, -0.25) is 0 Å². The molecule has 0 aliphatic heterocycles. The van der Waals surface area contributed by atoms with Crippen LogP contribution in [0.5, 0.6) is 11.5 Å². The summed E-state index contributed by atoms with van der Waals surface area (Å²) < 4.78 is 10.4. The zero-order valence-electron chi connectivity index (χ0n) is 10.8. The van der Waals surface area contributed by atoms with Gasteiger partial charge < -0.3 is 15.2 Å². The highest BCUT2D eigenvalue weighted by atomic mass is 35.5. The minimum Gasteiger partial charge on any atom is -0.493 e. The van der Waals surface area contributed by atoms with Gasteiger partial charge in [0.15, 0.2) is 11.5 Å². The summed E-state index contributed by atoms with van der Waals surface area (Å²) in [7, 11) is 3.16. The van der Waals surface area contributed by atoms with Crippen LogP contribution in [0.2, 0.25) is 5.02 Å². The minimum atomic E-state index is -0.0442. The Morgan fingerprint density at radius 2 is 1.94 bits per heavy atom. The molecule has 0 aliphatic carbocycles. The second-order valence-electron chi connectivity index (χ2n) is 4.15. The Kier molecular flexibility index (Phi) is 5.09. The van der Waals surface area contributed by atoms with Crippen molar-refractivity contribution >= 4 is 11.6 Å². The van der Waals surface area contributed by atoms with Crippen molar-refractivity contribution in [2.24, 2.45) is 11.7 Å². The molecule has 1 aromatic carbocycles. The Hall–Kier alpha value is -0.930. The van der Waals surface area contributed by atoms with E-state index in [0.717, 1.165) is 12.0 Å². The molecular formula is C13H20ClNO2. The van der Waals surface area contributed by atoms with Crippen LogP contribution < -0.4 is 15.2 Å². The topological polar surface area (TPSA) is 44.5 Å². The average Bonchev–Trinajstić information content (AvgIpc) is 2.35. The molecule has 4 heteroatoms. The maximum Gasteiger partial charge on any atom is 0.179 e. The molecule has 0 radical (unpaired) electrons. The van der Waals surface area contributed by atoms with E-state index in [4.69, 9.17) is 26.8 Å². The first kappa shape index (κ1) is 14.1. The van der Waals surface area contributed by atoms with E-state index >= 15 is 0 Å². The first-order valence-corrected chi connectivity index (χ1v) is 6.09. The Bertz CT molecular complexity index is 382. The Labute approximate surface area is 108 Å². The number of ether oxygens (including phenoxy) is 2. The van der Waals surface area contributed by atoms with Crippen LogP contribution in [-0.2, 0) is 0 Å². The van der Waals surface area contributed by atoms with Crippen molar-refractivity contribution in [2.45, 2.75) is 26.3 Å². The maximum absolute atomic E-state index is 6.18. The van der Waals surface area contributed by atoms with Gasteiger partial charge in [-0.25, -0.2) is 0 Å². The number of nitrogens with two attached hydrogens (primary N) is 1. The summed E-state index contributed by atoms with van der Waals surface area (Å²) in [6.45, 7) is 4.24. The number of rotatable bonds is 5. The third-order valence-corrected chi connectivity index (χ3v) is 3.38. The van der Waals surface area contributed by atoms with Crippen LogP contribution in [0.25, 0.3) is 0 Å². The molecule has 0 saturated heterocycles. The number of benzene rings is 1. The summed E-state index contributed by atoms with van der Waals surface area (Å²) in [5, 5.41) is 0.528. The lowest BCUT2D eigenvalue weighted by Crippen LogP contribution is -2.18. The first-order chi connectivity index (χ1) is 8.04. The van der Waals surface area contributed by atoms with Gasteiger partial charge in [-0.05, 0) is 23.6 Å². The molecule has 17 heavy (non-hydrogen) atoms. The fourth-order valence-electron chi connectivity index (χ4n) is 1.71. The second-order valence-corrected chi connectivity index (χ2v) is 4.56. The summed E-state index contributed by atoms with van der Waals surface area (Å²) in [4.78, 5) is 0. The van der Waals surface area contributed by atoms with Crippen LogP contribution in [0.15, 0.2) is 12.1 Å². The van der Waals surface area contributed by atoms with Gasteiger partial charge in [0.1, 0.15) is 0 Å². The quantitative estimate of drug-likeness (QED) is 0.879. The molecule has 2 atom stereocenters. The number of hydrogen-bond donors (Lipinski definition) is 1. The first-order valence-electron chi connectivity index (χ1n) is 5.72. The van der Waals surface area contributed by atoms with E-state index in [2.05, 4.69) is 13.8 Å². The number of methoxy groups -OCH3 is 2. The van der Waals surface area contributed by atoms with Gasteiger partial charge in [-0.2, -0.15) is 0 Å². The van der Waals surface area contributed by atoms with Gasteiger partial charge in [-0.15, -0.1) is 0 Å². The number of halogens is 1. The number of hydrogen-bond acceptors (Lipinski definition) is 3. The van der Waals surface area contributed by atoms with Crippen molar-refractivity contribution in [3.8, 4) is 11.5 Å². The summed E-state index contributed by atoms with van der Waals surface area (Å²) in [6.07, 6.45) is 1.02. The molecule has 3 nitrogen and oxygen atoms in total. The molecule has 0 spiro atoms. The van der Waals surface area contributed by atoms with E-state index in [9.17, 15) is 0 Å². The molecule has 2 unspecified atom stereocenters. The highest BCUT2D eigenvalue weighted by molar-refractivity contribution is 6.32. The molecule has 0 saturated carbocycles. The minimum absolute atomic E-state index is 0.0442. The molecule has 0 bridgehead atoms. The lowest BCUT2D eigenvalue weighted by molar-refractivity contribution is 0.353. The highest BCUT2D eigenvalue weighted by Crippen LogP contribution is 2.38. The van der Waals surface area contributed by atoms with E-state index in [0.29, 0.717) is 22.4 Å². The third kappa shape index (κ3) is 3.05.